The molecule has 0 aliphatic carbocycles. The normalized spacial score (nSPS) is 11.5. The highest BCUT2D eigenvalue weighted by Crippen LogP contribution is 2.24. The summed E-state index contributed by atoms with van der Waals surface area (Å²) in [6, 6.07) is 2.44. The molecule has 118 valence electrons. The summed E-state index contributed by atoms with van der Waals surface area (Å²) in [6.07, 6.45) is 0. The van der Waals surface area contributed by atoms with Gasteiger partial charge in [-0.05, 0) is 38.1 Å². The van der Waals surface area contributed by atoms with Crippen molar-refractivity contribution in [2.75, 3.05) is 5.32 Å². The van der Waals surface area contributed by atoms with Crippen LogP contribution in [0.5, 0.6) is 0 Å². The molecule has 7 nitrogen and oxygen atoms in total. The van der Waals surface area contributed by atoms with Crippen molar-refractivity contribution in [3.8, 4) is 0 Å². The summed E-state index contributed by atoms with van der Waals surface area (Å²) in [5, 5.41) is 15.0. The molecule has 2 rings (SSSR count). The van der Waals surface area contributed by atoms with Gasteiger partial charge in [-0.25, -0.2) is 4.39 Å². The zero-order valence-electron chi connectivity index (χ0n) is 12.4. The van der Waals surface area contributed by atoms with Gasteiger partial charge in [0.2, 0.25) is 0 Å². The van der Waals surface area contributed by atoms with Crippen molar-refractivity contribution in [3.05, 3.63) is 34.4 Å². The monoisotopic (exact) mass is 326 g/mol. The first-order valence-electron chi connectivity index (χ1n) is 6.50. The summed E-state index contributed by atoms with van der Waals surface area (Å²) in [4.78, 5) is 12.8. The molecule has 2 aromatic rings. The third-order valence-electron chi connectivity index (χ3n) is 2.79. The first-order valence-corrected chi connectivity index (χ1v) is 6.88. The average molecular weight is 327 g/mol. The number of nitrogens with two attached hydrogens (primary N) is 1. The van der Waals surface area contributed by atoms with E-state index in [0.717, 1.165) is 6.07 Å². The number of tetrazole rings is 1. The van der Waals surface area contributed by atoms with E-state index in [1.807, 2.05) is 20.8 Å². The third-order valence-corrected chi connectivity index (χ3v) is 3.01. The lowest BCUT2D eigenvalue weighted by molar-refractivity contribution is 0.0997. The van der Waals surface area contributed by atoms with Gasteiger partial charge in [0.1, 0.15) is 5.82 Å². The smallest absolute Gasteiger partial charge is 0.253 e. The lowest BCUT2D eigenvalue weighted by Gasteiger charge is -2.15. The quantitative estimate of drug-likeness (QED) is 0.894. The molecule has 0 aliphatic rings. The Balaban J connectivity index is 2.21. The Morgan fingerprint density at radius 2 is 2.14 bits per heavy atom. The van der Waals surface area contributed by atoms with Gasteiger partial charge in [0.15, 0.2) is 5.82 Å². The molecule has 1 heterocycles. The number of nitrogens with zero attached hydrogens (tertiary/aromatic N) is 4. The molecule has 9 heteroatoms. The molecule has 0 aliphatic heterocycles. The van der Waals surface area contributed by atoms with Gasteiger partial charge in [-0.2, -0.15) is 4.80 Å². The number of halogens is 2. The molecule has 0 atom stereocenters. The first-order chi connectivity index (χ1) is 10.2. The van der Waals surface area contributed by atoms with Crippen molar-refractivity contribution in [1.82, 2.24) is 20.2 Å². The molecule has 3 N–H and O–H groups in total. The van der Waals surface area contributed by atoms with Crippen LogP contribution in [-0.2, 0) is 12.1 Å². The molecule has 0 unspecified atom stereocenters. The second-order valence-corrected chi connectivity index (χ2v) is 6.13. The first kappa shape index (κ1) is 16.2. The number of amides is 1. The Labute approximate surface area is 131 Å². The molecule has 22 heavy (non-hydrogen) atoms. The van der Waals surface area contributed by atoms with Crippen LogP contribution in [0.1, 0.15) is 37.0 Å². The average Bonchev–Trinajstić information content (AvgIpc) is 2.83. The van der Waals surface area contributed by atoms with E-state index in [2.05, 4.69) is 20.7 Å². The van der Waals surface area contributed by atoms with Crippen molar-refractivity contribution in [2.45, 2.75) is 32.9 Å². The maximum absolute atomic E-state index is 13.8. The van der Waals surface area contributed by atoms with Crippen LogP contribution in [0.25, 0.3) is 0 Å². The summed E-state index contributed by atoms with van der Waals surface area (Å²) in [7, 11) is 0. The van der Waals surface area contributed by atoms with Gasteiger partial charge in [0.05, 0.1) is 23.3 Å². The zero-order valence-corrected chi connectivity index (χ0v) is 13.1. The molecule has 0 radical (unpaired) electrons. The Morgan fingerprint density at radius 3 is 2.68 bits per heavy atom. The van der Waals surface area contributed by atoms with Crippen molar-refractivity contribution < 1.29 is 9.18 Å². The minimum atomic E-state index is -0.886. The van der Waals surface area contributed by atoms with E-state index >= 15 is 0 Å². The minimum Gasteiger partial charge on any atom is -0.377 e. The molecular weight excluding hydrogens is 311 g/mol. The highest BCUT2D eigenvalue weighted by atomic mass is 35.5. The summed E-state index contributed by atoms with van der Waals surface area (Å²) < 4.78 is 13.8. The van der Waals surface area contributed by atoms with E-state index in [0.29, 0.717) is 5.82 Å². The Kier molecular flexibility index (Phi) is 4.32. The number of primary amides is 1. The number of benzene rings is 1. The number of hydrogen-bond donors (Lipinski definition) is 2. The summed E-state index contributed by atoms with van der Waals surface area (Å²) >= 11 is 5.79. The number of aromatic nitrogens is 4. The van der Waals surface area contributed by atoms with Crippen LogP contribution in [0.15, 0.2) is 12.1 Å². The van der Waals surface area contributed by atoms with E-state index < -0.39 is 11.7 Å². The van der Waals surface area contributed by atoms with Crippen LogP contribution >= 0.6 is 11.6 Å². The fraction of sp³-hybridized carbons (Fsp3) is 0.385. The predicted molar refractivity (Wildman–Crippen MR) is 80.1 cm³/mol. The van der Waals surface area contributed by atoms with E-state index in [1.54, 1.807) is 0 Å². The van der Waals surface area contributed by atoms with E-state index in [1.165, 1.54) is 10.9 Å². The molecule has 0 saturated heterocycles. The van der Waals surface area contributed by atoms with Gasteiger partial charge in [0, 0.05) is 5.02 Å². The molecule has 1 amide bonds. The SMILES string of the molecule is CC(C)(C)n1nnc(CNc2cc(Cl)cc(F)c2C(N)=O)n1. The third kappa shape index (κ3) is 3.51. The molecule has 0 spiro atoms. The number of nitrogens with one attached hydrogen (secondary N) is 1. The summed E-state index contributed by atoms with van der Waals surface area (Å²) in [5.74, 6) is -1.28. The second kappa shape index (κ2) is 5.88. The van der Waals surface area contributed by atoms with Gasteiger partial charge in [-0.3, -0.25) is 4.79 Å². The fourth-order valence-corrected chi connectivity index (χ4v) is 1.94. The van der Waals surface area contributed by atoms with Crippen LogP contribution in [-0.4, -0.2) is 26.1 Å². The van der Waals surface area contributed by atoms with Crippen LogP contribution in [0.4, 0.5) is 10.1 Å². The van der Waals surface area contributed by atoms with Crippen LogP contribution in [0.2, 0.25) is 5.02 Å². The molecule has 0 bridgehead atoms. The van der Waals surface area contributed by atoms with Crippen molar-refractivity contribution in [3.63, 3.8) is 0 Å². The molecule has 0 fully saturated rings. The molecule has 1 aromatic heterocycles. The summed E-state index contributed by atoms with van der Waals surface area (Å²) in [5.41, 5.74) is 4.81. The zero-order chi connectivity index (χ0) is 16.5. The fourth-order valence-electron chi connectivity index (χ4n) is 1.74. The number of carbonyl (C=O) groups excluding carboxylic acids is 1. The number of hydrogen-bond acceptors (Lipinski definition) is 5. The minimum absolute atomic E-state index is 0.149. The lowest BCUT2D eigenvalue weighted by Crippen LogP contribution is -2.24. The van der Waals surface area contributed by atoms with Gasteiger partial charge >= 0.3 is 0 Å². The lowest BCUT2D eigenvalue weighted by atomic mass is 10.1. The van der Waals surface area contributed by atoms with E-state index in [9.17, 15) is 9.18 Å². The topological polar surface area (TPSA) is 98.7 Å². The Hall–Kier alpha value is -2.22. The van der Waals surface area contributed by atoms with Crippen LogP contribution < -0.4 is 11.1 Å². The Bertz CT molecular complexity index is 709. The van der Waals surface area contributed by atoms with Crippen LogP contribution in [0.3, 0.4) is 0 Å². The predicted octanol–water partition coefficient (Wildman–Crippen LogP) is 1.93. The number of carbonyl (C=O) groups is 1. The van der Waals surface area contributed by atoms with Crippen molar-refractivity contribution in [2.24, 2.45) is 5.73 Å². The van der Waals surface area contributed by atoms with E-state index in [4.69, 9.17) is 17.3 Å². The number of rotatable bonds is 4. The Morgan fingerprint density at radius 1 is 1.45 bits per heavy atom. The van der Waals surface area contributed by atoms with Crippen molar-refractivity contribution in [1.29, 1.82) is 0 Å². The second-order valence-electron chi connectivity index (χ2n) is 5.69. The highest BCUT2D eigenvalue weighted by Gasteiger charge is 2.18. The standard InChI is InChI=1S/C13H16ClFN6O/c1-13(2,3)21-19-10(18-20-21)6-17-9-5-7(14)4-8(15)11(9)12(16)22/h4-5,17H,6H2,1-3H3,(H2,16,22). The maximum Gasteiger partial charge on any atom is 0.253 e. The summed E-state index contributed by atoms with van der Waals surface area (Å²) in [6.45, 7) is 5.95. The van der Waals surface area contributed by atoms with Gasteiger partial charge in [-0.15, -0.1) is 10.2 Å². The highest BCUT2D eigenvalue weighted by molar-refractivity contribution is 6.31. The number of anilines is 1. The molecular formula is C13H16ClFN6O. The van der Waals surface area contributed by atoms with Gasteiger partial charge < -0.3 is 11.1 Å². The maximum atomic E-state index is 13.8. The van der Waals surface area contributed by atoms with Crippen molar-refractivity contribution >= 4 is 23.2 Å². The van der Waals surface area contributed by atoms with Crippen LogP contribution in [0, 0.1) is 5.82 Å². The largest absolute Gasteiger partial charge is 0.377 e. The molecule has 1 aromatic carbocycles. The van der Waals surface area contributed by atoms with E-state index in [-0.39, 0.29) is 28.4 Å². The van der Waals surface area contributed by atoms with Gasteiger partial charge in [0.25, 0.3) is 5.91 Å². The van der Waals surface area contributed by atoms with Gasteiger partial charge in [-0.1, -0.05) is 11.6 Å². The molecule has 0 saturated carbocycles.